The lowest BCUT2D eigenvalue weighted by molar-refractivity contribution is 0.129. The molecule has 4 aromatic rings. The summed E-state index contributed by atoms with van der Waals surface area (Å²) in [5, 5.41) is 12.4. The van der Waals surface area contributed by atoms with Gasteiger partial charge < -0.3 is 4.84 Å². The van der Waals surface area contributed by atoms with Gasteiger partial charge in [-0.15, -0.1) is 10.2 Å². The van der Waals surface area contributed by atoms with E-state index in [4.69, 9.17) is 4.84 Å². The second-order valence-electron chi connectivity index (χ2n) is 9.53. The molecule has 36 heavy (non-hydrogen) atoms. The molecule has 0 atom stereocenters. The third-order valence-electron chi connectivity index (χ3n) is 6.87. The summed E-state index contributed by atoms with van der Waals surface area (Å²) < 4.78 is 29.3. The molecule has 0 radical (unpaired) electrons. The van der Waals surface area contributed by atoms with Crippen LogP contribution in [-0.2, 0) is 11.4 Å². The van der Waals surface area contributed by atoms with E-state index >= 15 is 0 Å². The fourth-order valence-electron chi connectivity index (χ4n) is 4.62. The molecule has 0 amide bonds. The third-order valence-corrected chi connectivity index (χ3v) is 6.87. The van der Waals surface area contributed by atoms with E-state index in [9.17, 15) is 8.78 Å². The monoisotopic (exact) mass is 488 g/mol. The van der Waals surface area contributed by atoms with Crippen molar-refractivity contribution in [2.24, 2.45) is 5.16 Å². The molecule has 0 bridgehead atoms. The van der Waals surface area contributed by atoms with Crippen molar-refractivity contribution in [2.75, 3.05) is 13.1 Å². The van der Waals surface area contributed by atoms with E-state index in [0.29, 0.717) is 22.9 Å². The first kappa shape index (κ1) is 22.7. The molecular weight excluding hydrogens is 462 g/mol. The lowest BCUT2D eigenvalue weighted by Crippen LogP contribution is -2.32. The lowest BCUT2D eigenvalue weighted by atomic mass is 9.90. The van der Waals surface area contributed by atoms with Crippen LogP contribution in [0.3, 0.4) is 0 Å². The number of likely N-dealkylation sites (tertiary alicyclic amines) is 1. The number of hydrogen-bond donors (Lipinski definition) is 0. The SMILES string of the molecule is Fc1ccc(C(=NOC2CC2)c2ccc(CN3CCC(c4ccn5cnnc5c4)CC3)cn2)cc1F. The Labute approximate surface area is 207 Å². The van der Waals surface area contributed by atoms with Crippen molar-refractivity contribution in [1.29, 1.82) is 0 Å². The van der Waals surface area contributed by atoms with Crippen LogP contribution in [0.4, 0.5) is 8.78 Å². The summed E-state index contributed by atoms with van der Waals surface area (Å²) in [7, 11) is 0. The third kappa shape index (κ3) is 4.97. The molecule has 1 aromatic carbocycles. The summed E-state index contributed by atoms with van der Waals surface area (Å²) in [6.45, 7) is 2.81. The Bertz CT molecular complexity index is 1390. The molecule has 184 valence electrons. The van der Waals surface area contributed by atoms with Crippen LogP contribution in [0.25, 0.3) is 5.65 Å². The van der Waals surface area contributed by atoms with Gasteiger partial charge in [-0.2, -0.15) is 0 Å². The Hall–Kier alpha value is -3.72. The first-order valence-electron chi connectivity index (χ1n) is 12.3. The molecule has 2 aliphatic rings. The highest BCUT2D eigenvalue weighted by Gasteiger charge is 2.25. The molecule has 0 spiro atoms. The van der Waals surface area contributed by atoms with Crippen LogP contribution in [0.5, 0.6) is 0 Å². The van der Waals surface area contributed by atoms with Crippen molar-refractivity contribution < 1.29 is 13.6 Å². The van der Waals surface area contributed by atoms with Gasteiger partial charge in [0.2, 0.25) is 0 Å². The largest absolute Gasteiger partial charge is 0.392 e. The fraction of sp³-hybridized carbons (Fsp3) is 0.333. The fourth-order valence-corrected chi connectivity index (χ4v) is 4.62. The van der Waals surface area contributed by atoms with E-state index in [1.54, 1.807) is 6.33 Å². The van der Waals surface area contributed by atoms with Gasteiger partial charge in [0.25, 0.3) is 0 Å². The van der Waals surface area contributed by atoms with Crippen LogP contribution in [-0.4, -0.2) is 49.4 Å². The molecule has 1 aliphatic heterocycles. The van der Waals surface area contributed by atoms with Crippen LogP contribution in [0.2, 0.25) is 0 Å². The molecule has 6 rings (SSSR count). The molecule has 7 nitrogen and oxygen atoms in total. The molecular formula is C27H26F2N6O. The average molecular weight is 489 g/mol. The molecule has 4 heterocycles. The van der Waals surface area contributed by atoms with E-state index in [-0.39, 0.29) is 6.10 Å². The van der Waals surface area contributed by atoms with Crippen molar-refractivity contribution >= 4 is 11.4 Å². The zero-order valence-corrected chi connectivity index (χ0v) is 19.7. The number of rotatable bonds is 7. The molecule has 1 saturated heterocycles. The Morgan fingerprint density at radius 1 is 1.00 bits per heavy atom. The van der Waals surface area contributed by atoms with Crippen molar-refractivity contribution in [3.8, 4) is 0 Å². The van der Waals surface area contributed by atoms with Gasteiger partial charge in [0.05, 0.1) is 5.69 Å². The van der Waals surface area contributed by atoms with Crippen LogP contribution in [0.1, 0.15) is 54.0 Å². The van der Waals surface area contributed by atoms with Gasteiger partial charge in [-0.05, 0) is 92.2 Å². The Balaban J connectivity index is 1.11. The van der Waals surface area contributed by atoms with Crippen molar-refractivity contribution in [2.45, 2.75) is 44.2 Å². The molecule has 0 unspecified atom stereocenters. The molecule has 3 aromatic heterocycles. The molecule has 1 saturated carbocycles. The van der Waals surface area contributed by atoms with Crippen LogP contribution >= 0.6 is 0 Å². The highest BCUT2D eigenvalue weighted by Crippen LogP contribution is 2.29. The quantitative estimate of drug-likeness (QED) is 0.278. The number of nitrogens with zero attached hydrogens (tertiary/aromatic N) is 6. The topological polar surface area (TPSA) is 67.9 Å². The number of fused-ring (bicyclic) bond motifs is 1. The number of benzene rings is 1. The predicted molar refractivity (Wildman–Crippen MR) is 131 cm³/mol. The van der Waals surface area contributed by atoms with Crippen LogP contribution in [0, 0.1) is 11.6 Å². The van der Waals surface area contributed by atoms with E-state index in [1.165, 1.54) is 11.6 Å². The van der Waals surface area contributed by atoms with Gasteiger partial charge in [0.15, 0.2) is 17.3 Å². The number of aromatic nitrogens is 4. The zero-order chi connectivity index (χ0) is 24.5. The Kier molecular flexibility index (Phi) is 6.14. The van der Waals surface area contributed by atoms with Crippen LogP contribution in [0.15, 0.2) is 66.3 Å². The molecule has 0 N–H and O–H groups in total. The minimum Gasteiger partial charge on any atom is -0.392 e. The second kappa shape index (κ2) is 9.73. The number of halogens is 2. The standard InChI is InChI=1S/C27H26F2N6O/c28-23-5-2-21(13-24(23)29)27(33-36-22-3-4-22)25-6-1-18(15-30-25)16-34-10-7-19(8-11-34)20-9-12-35-17-31-32-26(35)14-20/h1-2,5-6,9,12-15,17,19,22H,3-4,7-8,10-11,16H2. The molecule has 2 fully saturated rings. The highest BCUT2D eigenvalue weighted by atomic mass is 19.2. The second-order valence-corrected chi connectivity index (χ2v) is 9.53. The number of pyridine rings is 2. The maximum atomic E-state index is 13.9. The minimum atomic E-state index is -0.923. The maximum absolute atomic E-state index is 13.9. The molecule has 9 heteroatoms. The smallest absolute Gasteiger partial charge is 0.160 e. The first-order chi connectivity index (χ1) is 17.6. The summed E-state index contributed by atoms with van der Waals surface area (Å²) in [5.74, 6) is -1.30. The highest BCUT2D eigenvalue weighted by molar-refractivity contribution is 6.11. The van der Waals surface area contributed by atoms with E-state index in [1.807, 2.05) is 28.9 Å². The van der Waals surface area contributed by atoms with Gasteiger partial charge in [-0.3, -0.25) is 14.3 Å². The van der Waals surface area contributed by atoms with E-state index in [2.05, 4.69) is 37.4 Å². The zero-order valence-electron chi connectivity index (χ0n) is 19.7. The van der Waals surface area contributed by atoms with Crippen LogP contribution < -0.4 is 0 Å². The van der Waals surface area contributed by atoms with Gasteiger partial charge in [0.1, 0.15) is 18.1 Å². The number of piperidine rings is 1. The summed E-state index contributed by atoms with van der Waals surface area (Å²) in [4.78, 5) is 12.5. The number of oxime groups is 1. The maximum Gasteiger partial charge on any atom is 0.160 e. The number of hydrogen-bond acceptors (Lipinski definition) is 6. The molecule has 1 aliphatic carbocycles. The Morgan fingerprint density at radius 3 is 2.61 bits per heavy atom. The van der Waals surface area contributed by atoms with Crippen molar-refractivity contribution in [3.63, 3.8) is 0 Å². The van der Waals surface area contributed by atoms with Gasteiger partial charge in [0, 0.05) is 24.5 Å². The summed E-state index contributed by atoms with van der Waals surface area (Å²) in [6.07, 6.45) is 9.73. The minimum absolute atomic E-state index is 0.0887. The predicted octanol–water partition coefficient (Wildman–Crippen LogP) is 4.71. The first-order valence-corrected chi connectivity index (χ1v) is 12.3. The van der Waals surface area contributed by atoms with Crippen molar-refractivity contribution in [1.82, 2.24) is 24.5 Å². The summed E-state index contributed by atoms with van der Waals surface area (Å²) in [6, 6.07) is 11.9. The lowest BCUT2D eigenvalue weighted by Gasteiger charge is -2.32. The van der Waals surface area contributed by atoms with Gasteiger partial charge >= 0.3 is 0 Å². The Morgan fingerprint density at radius 2 is 1.86 bits per heavy atom. The van der Waals surface area contributed by atoms with Crippen molar-refractivity contribution in [3.05, 3.63) is 95.2 Å². The summed E-state index contributed by atoms with van der Waals surface area (Å²) >= 11 is 0. The summed E-state index contributed by atoms with van der Waals surface area (Å²) in [5.41, 5.74) is 4.69. The van der Waals surface area contributed by atoms with Gasteiger partial charge in [-0.25, -0.2) is 8.78 Å². The normalized spacial score (nSPS) is 17.6. The van der Waals surface area contributed by atoms with E-state index in [0.717, 1.165) is 68.7 Å². The van der Waals surface area contributed by atoms with Gasteiger partial charge in [-0.1, -0.05) is 11.2 Å². The van der Waals surface area contributed by atoms with E-state index < -0.39 is 11.6 Å². The average Bonchev–Trinajstić information content (AvgIpc) is 3.61.